The van der Waals surface area contributed by atoms with Crippen molar-refractivity contribution in [3.8, 4) is 11.8 Å². The van der Waals surface area contributed by atoms with Crippen LogP contribution in [0.15, 0.2) is 24.3 Å². The number of piperidine rings is 1. The maximum Gasteiger partial charge on any atom is 0.238 e. The van der Waals surface area contributed by atoms with Gasteiger partial charge in [-0.3, -0.25) is 14.5 Å². The summed E-state index contributed by atoms with van der Waals surface area (Å²) in [7, 11) is 0. The molecule has 2 unspecified atom stereocenters. The molecule has 0 bridgehead atoms. The van der Waals surface area contributed by atoms with E-state index >= 15 is 0 Å². The largest absolute Gasteiger partial charge is 0.479 e. The Morgan fingerprint density at radius 1 is 1.20 bits per heavy atom. The third kappa shape index (κ3) is 1.61. The van der Waals surface area contributed by atoms with Gasteiger partial charge in [0.2, 0.25) is 11.8 Å². The molecule has 1 aliphatic carbocycles. The zero-order valence-corrected chi connectivity index (χ0v) is 11.3. The summed E-state index contributed by atoms with van der Waals surface area (Å²) >= 11 is 0. The van der Waals surface area contributed by atoms with Crippen LogP contribution >= 0.6 is 0 Å². The van der Waals surface area contributed by atoms with Crippen LogP contribution in [0.3, 0.4) is 0 Å². The molecule has 1 aliphatic heterocycles. The van der Waals surface area contributed by atoms with Gasteiger partial charge in [0.15, 0.2) is 6.61 Å². The monoisotopic (exact) mass is 270 g/mol. The Morgan fingerprint density at radius 2 is 1.75 bits per heavy atom. The highest BCUT2D eigenvalue weighted by atomic mass is 16.5. The lowest BCUT2D eigenvalue weighted by Gasteiger charge is -2.20. The predicted molar refractivity (Wildman–Crippen MR) is 70.8 cm³/mol. The van der Waals surface area contributed by atoms with Gasteiger partial charge in [-0.2, -0.15) is 5.26 Å². The van der Waals surface area contributed by atoms with Crippen LogP contribution in [0.4, 0.5) is 5.69 Å². The highest BCUT2D eigenvalue weighted by Gasteiger charge is 2.72. The first-order valence-electron chi connectivity index (χ1n) is 6.46. The van der Waals surface area contributed by atoms with Gasteiger partial charge in [0.05, 0.1) is 17.5 Å². The Bertz CT molecular complexity index is 604. The summed E-state index contributed by atoms with van der Waals surface area (Å²) in [6.07, 6.45) is 0. The SMILES string of the molecule is CC1(C)C2C(=O)N(c3ccc(OCC#N)cc3)C(=O)C21. The van der Waals surface area contributed by atoms with Crippen molar-refractivity contribution in [2.45, 2.75) is 13.8 Å². The molecule has 1 saturated heterocycles. The topological polar surface area (TPSA) is 70.4 Å². The minimum Gasteiger partial charge on any atom is -0.479 e. The van der Waals surface area contributed by atoms with Crippen LogP contribution in [0.2, 0.25) is 0 Å². The second kappa shape index (κ2) is 4.07. The molecule has 0 aromatic heterocycles. The molecule has 1 aromatic rings. The van der Waals surface area contributed by atoms with Gasteiger partial charge in [0.1, 0.15) is 11.8 Å². The summed E-state index contributed by atoms with van der Waals surface area (Å²) in [6.45, 7) is 3.88. The number of anilines is 1. The first-order valence-corrected chi connectivity index (χ1v) is 6.46. The Morgan fingerprint density at radius 3 is 2.25 bits per heavy atom. The first-order chi connectivity index (χ1) is 9.48. The molecular formula is C15H14N2O3. The molecule has 2 fully saturated rings. The van der Waals surface area contributed by atoms with Crippen LogP contribution in [-0.2, 0) is 9.59 Å². The predicted octanol–water partition coefficient (Wildman–Crippen LogP) is 1.73. The molecule has 5 heteroatoms. The van der Waals surface area contributed by atoms with Gasteiger partial charge in [0, 0.05) is 0 Å². The van der Waals surface area contributed by atoms with E-state index in [0.717, 1.165) is 0 Å². The molecule has 5 nitrogen and oxygen atoms in total. The summed E-state index contributed by atoms with van der Waals surface area (Å²) in [5.41, 5.74) is 0.368. The number of imide groups is 1. The van der Waals surface area contributed by atoms with Crippen LogP contribution in [-0.4, -0.2) is 18.4 Å². The minimum absolute atomic E-state index is 0.0285. The van der Waals surface area contributed by atoms with E-state index in [0.29, 0.717) is 11.4 Å². The second-order valence-corrected chi connectivity index (χ2v) is 5.73. The lowest BCUT2D eigenvalue weighted by Crippen LogP contribution is -2.36. The van der Waals surface area contributed by atoms with Gasteiger partial charge in [-0.05, 0) is 29.7 Å². The average molecular weight is 270 g/mol. The smallest absolute Gasteiger partial charge is 0.238 e. The maximum absolute atomic E-state index is 12.3. The van der Waals surface area contributed by atoms with E-state index < -0.39 is 0 Å². The van der Waals surface area contributed by atoms with Gasteiger partial charge < -0.3 is 4.74 Å². The second-order valence-electron chi connectivity index (χ2n) is 5.73. The van der Waals surface area contributed by atoms with Crippen LogP contribution < -0.4 is 9.64 Å². The van der Waals surface area contributed by atoms with E-state index in [2.05, 4.69) is 0 Å². The van der Waals surface area contributed by atoms with Crippen molar-refractivity contribution in [2.75, 3.05) is 11.5 Å². The Labute approximate surface area is 116 Å². The van der Waals surface area contributed by atoms with Crippen molar-refractivity contribution in [1.82, 2.24) is 0 Å². The number of amides is 2. The Balaban J connectivity index is 1.80. The molecule has 0 N–H and O–H groups in total. The summed E-state index contributed by atoms with van der Waals surface area (Å²) in [4.78, 5) is 25.8. The average Bonchev–Trinajstić information content (AvgIpc) is 2.88. The van der Waals surface area contributed by atoms with E-state index in [9.17, 15) is 9.59 Å². The molecule has 2 atom stereocenters. The molecular weight excluding hydrogens is 256 g/mol. The van der Waals surface area contributed by atoms with Crippen LogP contribution in [0, 0.1) is 28.6 Å². The maximum atomic E-state index is 12.3. The Kier molecular flexibility index (Phi) is 2.58. The number of fused-ring (bicyclic) bond motifs is 1. The Hall–Kier alpha value is -2.35. The third-order valence-electron chi connectivity index (χ3n) is 4.20. The summed E-state index contributed by atoms with van der Waals surface area (Å²) in [5.74, 6) is -0.0414. The molecule has 2 aliphatic rings. The van der Waals surface area contributed by atoms with Crippen LogP contribution in [0.25, 0.3) is 0 Å². The molecule has 0 radical (unpaired) electrons. The number of carbonyl (C=O) groups excluding carboxylic acids is 2. The molecule has 1 heterocycles. The number of carbonyl (C=O) groups is 2. The van der Waals surface area contributed by atoms with Crippen molar-refractivity contribution < 1.29 is 14.3 Å². The van der Waals surface area contributed by atoms with E-state index in [1.165, 1.54) is 4.90 Å². The van der Waals surface area contributed by atoms with Gasteiger partial charge >= 0.3 is 0 Å². The van der Waals surface area contributed by atoms with Crippen LogP contribution in [0.5, 0.6) is 5.75 Å². The number of nitriles is 1. The van der Waals surface area contributed by atoms with Gasteiger partial charge in [-0.1, -0.05) is 13.8 Å². The minimum atomic E-state index is -0.194. The molecule has 3 rings (SSSR count). The number of hydrogen-bond acceptors (Lipinski definition) is 4. The van der Waals surface area contributed by atoms with E-state index in [4.69, 9.17) is 10.00 Å². The van der Waals surface area contributed by atoms with Crippen molar-refractivity contribution in [3.63, 3.8) is 0 Å². The zero-order chi connectivity index (χ0) is 14.5. The summed E-state index contributed by atoms with van der Waals surface area (Å²) < 4.78 is 5.14. The standard InChI is InChI=1S/C15H14N2O3/c1-15(2)11-12(15)14(19)17(13(11)18)9-3-5-10(6-4-9)20-8-7-16/h3-6,11-12H,8H2,1-2H3. The zero-order valence-electron chi connectivity index (χ0n) is 11.3. The third-order valence-corrected chi connectivity index (χ3v) is 4.20. The molecule has 0 spiro atoms. The van der Waals surface area contributed by atoms with Gasteiger partial charge in [-0.25, -0.2) is 0 Å². The van der Waals surface area contributed by atoms with Gasteiger partial charge in [-0.15, -0.1) is 0 Å². The molecule has 102 valence electrons. The number of benzene rings is 1. The number of ether oxygens (including phenoxy) is 1. The van der Waals surface area contributed by atoms with Crippen molar-refractivity contribution in [2.24, 2.45) is 17.3 Å². The molecule has 1 aromatic carbocycles. The normalized spacial score (nSPS) is 26.1. The lowest BCUT2D eigenvalue weighted by atomic mass is 10.1. The molecule has 20 heavy (non-hydrogen) atoms. The number of rotatable bonds is 3. The number of hydrogen-bond donors (Lipinski definition) is 0. The van der Waals surface area contributed by atoms with Gasteiger partial charge in [0.25, 0.3) is 0 Å². The quantitative estimate of drug-likeness (QED) is 0.784. The first kappa shape index (κ1) is 12.7. The lowest BCUT2D eigenvalue weighted by molar-refractivity contribution is -0.125. The van der Waals surface area contributed by atoms with Crippen molar-refractivity contribution >= 4 is 17.5 Å². The number of nitrogens with zero attached hydrogens (tertiary/aromatic N) is 2. The highest BCUT2D eigenvalue weighted by molar-refractivity contribution is 6.25. The fourth-order valence-corrected chi connectivity index (χ4v) is 3.01. The van der Waals surface area contributed by atoms with E-state index in [1.54, 1.807) is 24.3 Å². The fourth-order valence-electron chi connectivity index (χ4n) is 3.01. The molecule has 2 amide bonds. The molecule has 1 saturated carbocycles. The summed E-state index contributed by atoms with van der Waals surface area (Å²) in [5, 5.41) is 8.43. The highest BCUT2D eigenvalue weighted by Crippen LogP contribution is 2.63. The fraction of sp³-hybridized carbons (Fsp3) is 0.400. The van der Waals surface area contributed by atoms with Crippen molar-refractivity contribution in [3.05, 3.63) is 24.3 Å². The summed E-state index contributed by atoms with van der Waals surface area (Å²) in [6, 6.07) is 8.52. The van der Waals surface area contributed by atoms with Crippen LogP contribution in [0.1, 0.15) is 13.8 Å². The van der Waals surface area contributed by atoms with E-state index in [1.807, 2.05) is 19.9 Å². The van der Waals surface area contributed by atoms with Crippen molar-refractivity contribution in [1.29, 1.82) is 5.26 Å². The van der Waals surface area contributed by atoms with E-state index in [-0.39, 0.29) is 35.7 Å².